The molecule has 0 aliphatic heterocycles. The molecular weight excluding hydrogens is 320 g/mol. The zero-order chi connectivity index (χ0) is 17.4. The van der Waals surface area contributed by atoms with Crippen LogP contribution >= 0.6 is 11.6 Å². The highest BCUT2D eigenvalue weighted by molar-refractivity contribution is 6.30. The molecule has 0 saturated heterocycles. The molecule has 5 heteroatoms. The summed E-state index contributed by atoms with van der Waals surface area (Å²) in [6.07, 6.45) is 3.09. The second kappa shape index (κ2) is 9.48. The quantitative estimate of drug-likeness (QED) is 0.713. The summed E-state index contributed by atoms with van der Waals surface area (Å²) in [5.74, 6) is 1.71. The van der Waals surface area contributed by atoms with Crippen LogP contribution in [-0.4, -0.2) is 29.6 Å². The molecule has 0 bridgehead atoms. The van der Waals surface area contributed by atoms with Crippen LogP contribution in [0.1, 0.15) is 37.9 Å². The predicted octanol–water partition coefficient (Wildman–Crippen LogP) is 4.72. The number of benzene rings is 1. The minimum absolute atomic E-state index is 0.780. The third-order valence-corrected chi connectivity index (χ3v) is 3.96. The number of hydrogen-bond donors (Lipinski definition) is 1. The number of aryl methyl sites for hydroxylation is 1. The van der Waals surface area contributed by atoms with Gasteiger partial charge in [0.2, 0.25) is 5.95 Å². The number of nitrogens with zero attached hydrogens (tertiary/aromatic N) is 3. The van der Waals surface area contributed by atoms with Crippen LogP contribution in [-0.2, 0) is 6.42 Å². The summed E-state index contributed by atoms with van der Waals surface area (Å²) < 4.78 is 0. The molecule has 0 unspecified atom stereocenters. The maximum atomic E-state index is 6.03. The van der Waals surface area contributed by atoms with Crippen molar-refractivity contribution in [2.75, 3.05) is 29.9 Å². The van der Waals surface area contributed by atoms with Gasteiger partial charge in [0.05, 0.1) is 0 Å². The standard InChI is InChI=1S/C19H27ClN4/c1-4-11-24(12-5-2)19-22-15(3)13-18(23-19)21-10-9-16-7-6-8-17(20)14-16/h6-8,13-14H,4-5,9-12H2,1-3H3,(H,21,22,23). The van der Waals surface area contributed by atoms with Gasteiger partial charge in [-0.15, -0.1) is 0 Å². The minimum Gasteiger partial charge on any atom is -0.370 e. The van der Waals surface area contributed by atoms with Crippen LogP contribution in [0.25, 0.3) is 0 Å². The average molecular weight is 347 g/mol. The van der Waals surface area contributed by atoms with Gasteiger partial charge < -0.3 is 10.2 Å². The number of halogens is 1. The lowest BCUT2D eigenvalue weighted by atomic mass is 10.1. The molecule has 1 heterocycles. The van der Waals surface area contributed by atoms with Gasteiger partial charge in [-0.1, -0.05) is 37.6 Å². The van der Waals surface area contributed by atoms with Crippen molar-refractivity contribution < 1.29 is 0 Å². The molecule has 2 aromatic rings. The highest BCUT2D eigenvalue weighted by Gasteiger charge is 2.10. The van der Waals surface area contributed by atoms with Crippen molar-refractivity contribution in [1.29, 1.82) is 0 Å². The summed E-state index contributed by atoms with van der Waals surface area (Å²) in [6.45, 7) is 9.17. The van der Waals surface area contributed by atoms with E-state index in [4.69, 9.17) is 16.6 Å². The van der Waals surface area contributed by atoms with Gasteiger partial charge in [-0.05, 0) is 43.9 Å². The molecule has 0 aliphatic rings. The van der Waals surface area contributed by atoms with E-state index < -0.39 is 0 Å². The van der Waals surface area contributed by atoms with Crippen molar-refractivity contribution in [2.24, 2.45) is 0 Å². The Hall–Kier alpha value is -1.81. The van der Waals surface area contributed by atoms with Crippen LogP contribution in [0.5, 0.6) is 0 Å². The predicted molar refractivity (Wildman–Crippen MR) is 103 cm³/mol. The van der Waals surface area contributed by atoms with Gasteiger partial charge in [0.25, 0.3) is 0 Å². The fraction of sp³-hybridized carbons (Fsp3) is 0.474. The van der Waals surface area contributed by atoms with E-state index in [0.717, 1.165) is 61.4 Å². The molecule has 1 aromatic carbocycles. The lowest BCUT2D eigenvalue weighted by Gasteiger charge is -2.22. The summed E-state index contributed by atoms with van der Waals surface area (Å²) in [6, 6.07) is 9.97. The first kappa shape index (κ1) is 18.5. The number of nitrogens with one attached hydrogen (secondary N) is 1. The highest BCUT2D eigenvalue weighted by atomic mass is 35.5. The molecule has 0 spiro atoms. The Labute approximate surface area is 150 Å². The van der Waals surface area contributed by atoms with E-state index in [2.05, 4.69) is 35.1 Å². The zero-order valence-corrected chi connectivity index (χ0v) is 15.6. The van der Waals surface area contributed by atoms with Crippen molar-refractivity contribution in [3.8, 4) is 0 Å². The molecule has 1 aromatic heterocycles. The zero-order valence-electron chi connectivity index (χ0n) is 14.8. The van der Waals surface area contributed by atoms with Crippen molar-refractivity contribution in [2.45, 2.75) is 40.0 Å². The molecular formula is C19H27ClN4. The van der Waals surface area contributed by atoms with E-state index in [1.165, 1.54) is 5.56 Å². The van der Waals surface area contributed by atoms with Crippen molar-refractivity contribution in [3.63, 3.8) is 0 Å². The summed E-state index contributed by atoms with van der Waals surface area (Å²) in [5, 5.41) is 4.19. The highest BCUT2D eigenvalue weighted by Crippen LogP contribution is 2.15. The van der Waals surface area contributed by atoms with Crippen molar-refractivity contribution >= 4 is 23.4 Å². The smallest absolute Gasteiger partial charge is 0.227 e. The van der Waals surface area contributed by atoms with Gasteiger partial charge in [-0.3, -0.25) is 0 Å². The normalized spacial score (nSPS) is 10.7. The van der Waals surface area contributed by atoms with Gasteiger partial charge in [0, 0.05) is 36.4 Å². The van der Waals surface area contributed by atoms with Gasteiger partial charge >= 0.3 is 0 Å². The number of anilines is 2. The van der Waals surface area contributed by atoms with Crippen LogP contribution in [0.3, 0.4) is 0 Å². The maximum Gasteiger partial charge on any atom is 0.227 e. The Morgan fingerprint density at radius 3 is 2.50 bits per heavy atom. The molecule has 24 heavy (non-hydrogen) atoms. The number of aromatic nitrogens is 2. The van der Waals surface area contributed by atoms with E-state index in [1.807, 2.05) is 31.2 Å². The first-order valence-corrected chi connectivity index (χ1v) is 9.09. The first-order valence-electron chi connectivity index (χ1n) is 8.71. The Bertz CT molecular complexity index is 639. The Kier molecular flexibility index (Phi) is 7.32. The summed E-state index contributed by atoms with van der Waals surface area (Å²) >= 11 is 6.03. The molecule has 0 fully saturated rings. The van der Waals surface area contributed by atoms with Crippen LogP contribution in [0.4, 0.5) is 11.8 Å². The van der Waals surface area contributed by atoms with E-state index in [-0.39, 0.29) is 0 Å². The molecule has 130 valence electrons. The summed E-state index contributed by atoms with van der Waals surface area (Å²) in [7, 11) is 0. The SMILES string of the molecule is CCCN(CCC)c1nc(C)cc(NCCc2cccc(Cl)c2)n1. The van der Waals surface area contributed by atoms with E-state index in [0.29, 0.717) is 0 Å². The minimum atomic E-state index is 0.780. The molecule has 0 atom stereocenters. The van der Waals surface area contributed by atoms with Gasteiger partial charge in [0.1, 0.15) is 5.82 Å². The average Bonchev–Trinajstić information content (AvgIpc) is 2.54. The maximum absolute atomic E-state index is 6.03. The largest absolute Gasteiger partial charge is 0.370 e. The monoisotopic (exact) mass is 346 g/mol. The topological polar surface area (TPSA) is 41.1 Å². The fourth-order valence-corrected chi connectivity index (χ4v) is 2.88. The summed E-state index contributed by atoms with van der Waals surface area (Å²) in [4.78, 5) is 11.6. The molecule has 0 radical (unpaired) electrons. The van der Waals surface area contributed by atoms with Crippen LogP contribution < -0.4 is 10.2 Å². The van der Waals surface area contributed by atoms with Crippen molar-refractivity contribution in [3.05, 3.63) is 46.6 Å². The van der Waals surface area contributed by atoms with Crippen LogP contribution in [0.15, 0.2) is 30.3 Å². The lowest BCUT2D eigenvalue weighted by Crippen LogP contribution is -2.27. The molecule has 4 nitrogen and oxygen atoms in total. The molecule has 0 aliphatic carbocycles. The second-order valence-corrected chi connectivity index (χ2v) is 6.42. The first-order chi connectivity index (χ1) is 11.6. The van der Waals surface area contributed by atoms with E-state index in [1.54, 1.807) is 0 Å². The van der Waals surface area contributed by atoms with Gasteiger partial charge in [-0.2, -0.15) is 4.98 Å². The molecule has 0 amide bonds. The lowest BCUT2D eigenvalue weighted by molar-refractivity contribution is 0.719. The van der Waals surface area contributed by atoms with Gasteiger partial charge in [0.15, 0.2) is 0 Å². The van der Waals surface area contributed by atoms with E-state index >= 15 is 0 Å². The number of hydrogen-bond acceptors (Lipinski definition) is 4. The third kappa shape index (κ3) is 5.68. The molecule has 0 saturated carbocycles. The third-order valence-electron chi connectivity index (χ3n) is 3.72. The Balaban J connectivity index is 2.02. The van der Waals surface area contributed by atoms with Crippen LogP contribution in [0.2, 0.25) is 5.02 Å². The van der Waals surface area contributed by atoms with E-state index in [9.17, 15) is 0 Å². The van der Waals surface area contributed by atoms with Gasteiger partial charge in [-0.25, -0.2) is 4.98 Å². The van der Waals surface area contributed by atoms with Crippen molar-refractivity contribution in [1.82, 2.24) is 9.97 Å². The van der Waals surface area contributed by atoms with Crippen LogP contribution in [0, 0.1) is 6.92 Å². The fourth-order valence-electron chi connectivity index (χ4n) is 2.66. The molecule has 2 rings (SSSR count). The Morgan fingerprint density at radius 1 is 1.08 bits per heavy atom. The number of rotatable bonds is 9. The Morgan fingerprint density at radius 2 is 1.83 bits per heavy atom. The summed E-state index contributed by atoms with van der Waals surface area (Å²) in [5.41, 5.74) is 2.21. The second-order valence-electron chi connectivity index (χ2n) is 5.99. The molecule has 1 N–H and O–H groups in total.